The number of nitrogens with one attached hydrogen (secondary N) is 2. The van der Waals surface area contributed by atoms with Crippen LogP contribution in [0.5, 0.6) is 0 Å². The number of aromatic nitrogens is 4. The van der Waals surface area contributed by atoms with Crippen LogP contribution in [0, 0.1) is 0 Å². The van der Waals surface area contributed by atoms with Gasteiger partial charge in [0.05, 0.1) is 17.4 Å². The Morgan fingerprint density at radius 1 is 1.29 bits per heavy atom. The number of aryl methyl sites for hydroxylation is 1. The van der Waals surface area contributed by atoms with E-state index in [9.17, 15) is 0 Å². The molecule has 2 heterocycles. The molecule has 0 radical (unpaired) electrons. The summed E-state index contributed by atoms with van der Waals surface area (Å²) in [7, 11) is 1.97. The quantitative estimate of drug-likeness (QED) is 0.776. The van der Waals surface area contributed by atoms with Gasteiger partial charge in [0.2, 0.25) is 0 Å². The Morgan fingerprint density at radius 2 is 2.10 bits per heavy atom. The molecule has 0 spiro atoms. The molecule has 0 bridgehead atoms. The Bertz CT molecular complexity index is 760. The summed E-state index contributed by atoms with van der Waals surface area (Å²) in [6, 6.07) is 6.12. The molecule has 0 aliphatic carbocycles. The smallest absolute Gasteiger partial charge is 0.0727 e. The minimum atomic E-state index is 0.0416. The van der Waals surface area contributed by atoms with Gasteiger partial charge in [-0.15, -0.1) is 0 Å². The molecule has 2 aromatic heterocycles. The second-order valence-electron chi connectivity index (χ2n) is 6.42. The van der Waals surface area contributed by atoms with Crippen LogP contribution in [0.25, 0.3) is 10.9 Å². The van der Waals surface area contributed by atoms with E-state index in [1.807, 2.05) is 30.1 Å². The summed E-state index contributed by atoms with van der Waals surface area (Å²) in [6.07, 6.45) is 3.94. The molecule has 21 heavy (non-hydrogen) atoms. The highest BCUT2D eigenvalue weighted by atomic mass is 15.3. The Kier molecular flexibility index (Phi) is 3.20. The summed E-state index contributed by atoms with van der Waals surface area (Å²) in [4.78, 5) is 0. The van der Waals surface area contributed by atoms with Crippen molar-refractivity contribution in [1.82, 2.24) is 20.0 Å². The molecule has 0 amide bonds. The summed E-state index contributed by atoms with van der Waals surface area (Å²) in [6.45, 7) is 7.33. The fourth-order valence-corrected chi connectivity index (χ4v) is 2.61. The topological polar surface area (TPSA) is 58.5 Å². The van der Waals surface area contributed by atoms with Crippen LogP contribution in [0.3, 0.4) is 0 Å². The average Bonchev–Trinajstić information content (AvgIpc) is 3.01. The molecule has 2 N–H and O–H groups in total. The van der Waals surface area contributed by atoms with Crippen molar-refractivity contribution in [3.8, 4) is 0 Å². The molecule has 0 aliphatic rings. The molecule has 0 fully saturated rings. The normalized spacial score (nSPS) is 12.0. The van der Waals surface area contributed by atoms with Gasteiger partial charge in [0.1, 0.15) is 0 Å². The first-order valence-electron chi connectivity index (χ1n) is 7.14. The van der Waals surface area contributed by atoms with E-state index in [1.165, 1.54) is 5.56 Å². The highest BCUT2D eigenvalue weighted by Crippen LogP contribution is 2.26. The summed E-state index contributed by atoms with van der Waals surface area (Å²) in [5, 5.41) is 16.3. The van der Waals surface area contributed by atoms with Crippen molar-refractivity contribution >= 4 is 16.6 Å². The third-order valence-corrected chi connectivity index (χ3v) is 3.57. The highest BCUT2D eigenvalue weighted by Gasteiger charge is 2.21. The van der Waals surface area contributed by atoms with E-state index in [1.54, 1.807) is 0 Å². The Hall–Kier alpha value is -2.30. The molecule has 0 saturated heterocycles. The van der Waals surface area contributed by atoms with Gasteiger partial charge in [0, 0.05) is 41.8 Å². The fraction of sp³-hybridized carbons (Fsp3) is 0.375. The van der Waals surface area contributed by atoms with E-state index in [0.717, 1.165) is 28.8 Å². The molecule has 3 aromatic rings. The van der Waals surface area contributed by atoms with Crippen LogP contribution in [0.2, 0.25) is 0 Å². The van der Waals surface area contributed by atoms with E-state index < -0.39 is 0 Å². The maximum absolute atomic E-state index is 4.60. The lowest BCUT2D eigenvalue weighted by Gasteiger charge is -2.18. The lowest BCUT2D eigenvalue weighted by Crippen LogP contribution is -2.16. The van der Waals surface area contributed by atoms with Gasteiger partial charge in [-0.05, 0) is 12.1 Å². The minimum Gasteiger partial charge on any atom is -0.380 e. The molecular weight excluding hydrogens is 262 g/mol. The first-order valence-corrected chi connectivity index (χ1v) is 7.14. The molecular formula is C16H21N5. The minimum absolute atomic E-state index is 0.0416. The lowest BCUT2D eigenvalue weighted by molar-refractivity contribution is 0.549. The van der Waals surface area contributed by atoms with Crippen molar-refractivity contribution in [3.05, 3.63) is 41.9 Å². The van der Waals surface area contributed by atoms with Gasteiger partial charge >= 0.3 is 0 Å². The van der Waals surface area contributed by atoms with Gasteiger partial charge < -0.3 is 5.32 Å². The van der Waals surface area contributed by atoms with E-state index in [0.29, 0.717) is 0 Å². The van der Waals surface area contributed by atoms with Crippen LogP contribution in [-0.2, 0) is 19.0 Å². The molecule has 1 aromatic carbocycles. The average molecular weight is 283 g/mol. The second kappa shape index (κ2) is 4.91. The molecule has 5 nitrogen and oxygen atoms in total. The Balaban J connectivity index is 1.87. The summed E-state index contributed by atoms with van der Waals surface area (Å²) >= 11 is 0. The lowest BCUT2D eigenvalue weighted by atomic mass is 9.89. The van der Waals surface area contributed by atoms with Gasteiger partial charge in [-0.2, -0.15) is 10.2 Å². The summed E-state index contributed by atoms with van der Waals surface area (Å²) < 4.78 is 1.88. The molecule has 5 heteroatoms. The third kappa shape index (κ3) is 2.63. The number of hydrogen-bond donors (Lipinski definition) is 2. The summed E-state index contributed by atoms with van der Waals surface area (Å²) in [5.41, 5.74) is 4.54. The number of anilines is 1. The largest absolute Gasteiger partial charge is 0.380 e. The van der Waals surface area contributed by atoms with Crippen molar-refractivity contribution in [2.24, 2.45) is 7.05 Å². The summed E-state index contributed by atoms with van der Waals surface area (Å²) in [5.74, 6) is 0. The van der Waals surface area contributed by atoms with Crippen LogP contribution in [0.1, 0.15) is 32.0 Å². The second-order valence-corrected chi connectivity index (χ2v) is 6.42. The first kappa shape index (κ1) is 13.7. The maximum atomic E-state index is 4.60. The van der Waals surface area contributed by atoms with Crippen molar-refractivity contribution in [3.63, 3.8) is 0 Å². The Morgan fingerprint density at radius 3 is 2.86 bits per heavy atom. The molecule has 0 unspecified atom stereocenters. The van der Waals surface area contributed by atoms with E-state index >= 15 is 0 Å². The number of aromatic amines is 1. The number of hydrogen-bond acceptors (Lipinski definition) is 3. The van der Waals surface area contributed by atoms with Crippen LogP contribution >= 0.6 is 0 Å². The maximum Gasteiger partial charge on any atom is 0.0727 e. The van der Waals surface area contributed by atoms with Crippen LogP contribution in [0.15, 0.2) is 30.6 Å². The van der Waals surface area contributed by atoms with Crippen molar-refractivity contribution in [2.75, 3.05) is 5.32 Å². The number of H-pyrrole nitrogens is 1. The van der Waals surface area contributed by atoms with Crippen molar-refractivity contribution in [2.45, 2.75) is 32.7 Å². The Labute approximate surface area is 124 Å². The van der Waals surface area contributed by atoms with Gasteiger partial charge in [-0.1, -0.05) is 26.8 Å². The zero-order valence-electron chi connectivity index (χ0n) is 12.9. The van der Waals surface area contributed by atoms with Crippen LogP contribution in [0.4, 0.5) is 5.69 Å². The molecule has 0 atom stereocenters. The predicted octanol–water partition coefficient (Wildman–Crippen LogP) is 3.21. The van der Waals surface area contributed by atoms with Gasteiger partial charge in [-0.3, -0.25) is 9.78 Å². The first-order chi connectivity index (χ1) is 9.95. The number of fused-ring (bicyclic) bond motifs is 1. The molecule has 0 aliphatic heterocycles. The number of rotatable bonds is 3. The third-order valence-electron chi connectivity index (χ3n) is 3.57. The zero-order valence-corrected chi connectivity index (χ0v) is 12.9. The van der Waals surface area contributed by atoms with E-state index in [2.05, 4.69) is 53.6 Å². The van der Waals surface area contributed by atoms with E-state index in [-0.39, 0.29) is 5.41 Å². The monoisotopic (exact) mass is 283 g/mol. The molecule has 0 saturated carbocycles. The number of nitrogens with zero attached hydrogens (tertiary/aromatic N) is 3. The zero-order chi connectivity index (χ0) is 15.0. The molecule has 3 rings (SSSR count). The van der Waals surface area contributed by atoms with Gasteiger partial charge in [0.15, 0.2) is 0 Å². The van der Waals surface area contributed by atoms with Crippen molar-refractivity contribution < 1.29 is 0 Å². The number of benzene rings is 1. The predicted molar refractivity (Wildman–Crippen MR) is 85.3 cm³/mol. The van der Waals surface area contributed by atoms with Gasteiger partial charge in [0.25, 0.3) is 0 Å². The van der Waals surface area contributed by atoms with Crippen molar-refractivity contribution in [1.29, 1.82) is 0 Å². The van der Waals surface area contributed by atoms with Crippen LogP contribution < -0.4 is 5.32 Å². The standard InChI is InChI=1S/C16H21N5/c1-16(2,3)15-11(10-21(4)20-15)8-17-13-6-5-7-14-12(13)9-18-19-14/h5-7,9-10,17H,8H2,1-4H3,(H,18,19). The highest BCUT2D eigenvalue weighted by molar-refractivity contribution is 5.90. The van der Waals surface area contributed by atoms with Crippen LogP contribution in [-0.4, -0.2) is 20.0 Å². The molecule has 110 valence electrons. The van der Waals surface area contributed by atoms with E-state index in [4.69, 9.17) is 0 Å². The van der Waals surface area contributed by atoms with Gasteiger partial charge in [-0.25, -0.2) is 0 Å². The SMILES string of the molecule is Cn1cc(CNc2cccc3[nH]ncc23)c(C(C)(C)C)n1. The fourth-order valence-electron chi connectivity index (χ4n) is 2.61.